The molecule has 0 bridgehead atoms. The first-order valence-electron chi connectivity index (χ1n) is 9.22. The van der Waals surface area contributed by atoms with Gasteiger partial charge in [0.2, 0.25) is 5.95 Å². The Balaban J connectivity index is 1.95. The van der Waals surface area contributed by atoms with E-state index in [9.17, 15) is 0 Å². The van der Waals surface area contributed by atoms with Gasteiger partial charge >= 0.3 is 0 Å². The molecule has 2 aromatic carbocycles. The molecule has 144 valence electrons. The number of anilines is 1. The molecule has 0 unspecified atom stereocenters. The van der Waals surface area contributed by atoms with Crippen molar-refractivity contribution < 1.29 is 9.47 Å². The van der Waals surface area contributed by atoms with Crippen LogP contribution in [-0.2, 0) is 0 Å². The summed E-state index contributed by atoms with van der Waals surface area (Å²) in [5.74, 6) is 3.20. The molecular formula is C21H23N5O2. The van der Waals surface area contributed by atoms with Gasteiger partial charge in [0.25, 0.3) is 0 Å². The molecule has 0 amide bonds. The van der Waals surface area contributed by atoms with Crippen LogP contribution >= 0.6 is 0 Å². The van der Waals surface area contributed by atoms with Gasteiger partial charge in [0, 0.05) is 17.5 Å². The molecule has 0 aliphatic heterocycles. The first-order chi connectivity index (χ1) is 13.6. The molecule has 1 N–H and O–H groups in total. The van der Waals surface area contributed by atoms with Gasteiger partial charge < -0.3 is 14.8 Å². The fourth-order valence-electron chi connectivity index (χ4n) is 3.16. The number of fused-ring (bicyclic) bond motifs is 3. The van der Waals surface area contributed by atoms with Crippen molar-refractivity contribution >= 4 is 22.5 Å². The van der Waals surface area contributed by atoms with Crippen LogP contribution in [0.3, 0.4) is 0 Å². The highest BCUT2D eigenvalue weighted by molar-refractivity contribution is 5.93. The molecule has 4 aromatic rings. The van der Waals surface area contributed by atoms with Gasteiger partial charge in [0.05, 0.1) is 19.7 Å². The van der Waals surface area contributed by atoms with E-state index in [0.717, 1.165) is 34.6 Å². The predicted octanol–water partition coefficient (Wildman–Crippen LogP) is 4.03. The van der Waals surface area contributed by atoms with Crippen LogP contribution in [0.1, 0.15) is 13.8 Å². The third-order valence-corrected chi connectivity index (χ3v) is 4.56. The number of nitrogens with zero attached hydrogens (tertiary/aromatic N) is 4. The maximum atomic E-state index is 5.45. The van der Waals surface area contributed by atoms with Crippen molar-refractivity contribution in [1.82, 2.24) is 19.6 Å². The molecule has 2 heterocycles. The molecular weight excluding hydrogens is 354 g/mol. The molecule has 28 heavy (non-hydrogen) atoms. The quantitative estimate of drug-likeness (QED) is 0.547. The zero-order valence-electron chi connectivity index (χ0n) is 16.4. The van der Waals surface area contributed by atoms with E-state index in [0.29, 0.717) is 23.2 Å². The van der Waals surface area contributed by atoms with Crippen molar-refractivity contribution in [2.45, 2.75) is 13.8 Å². The number of hydrogen-bond acceptors (Lipinski definition) is 6. The maximum Gasteiger partial charge on any atom is 0.211 e. The Labute approximate surface area is 163 Å². The summed E-state index contributed by atoms with van der Waals surface area (Å²) in [6.07, 6.45) is 0. The first-order valence-corrected chi connectivity index (χ1v) is 9.22. The SMILES string of the molecule is COc1ccc(-c2nnc3c4ccccc4nc(NCC(C)C)n23)cc1OC. The number of nitrogens with one attached hydrogen (secondary N) is 1. The Bertz CT molecular complexity index is 1140. The van der Waals surface area contributed by atoms with Gasteiger partial charge in [0.15, 0.2) is 23.0 Å². The smallest absolute Gasteiger partial charge is 0.211 e. The van der Waals surface area contributed by atoms with Crippen LogP contribution in [-0.4, -0.2) is 40.3 Å². The van der Waals surface area contributed by atoms with Gasteiger partial charge in [-0.25, -0.2) is 9.38 Å². The lowest BCUT2D eigenvalue weighted by atomic mass is 10.2. The number of ether oxygens (including phenoxy) is 2. The Morgan fingerprint density at radius 3 is 2.54 bits per heavy atom. The third kappa shape index (κ3) is 3.09. The summed E-state index contributed by atoms with van der Waals surface area (Å²) < 4.78 is 12.8. The van der Waals surface area contributed by atoms with Crippen molar-refractivity contribution in [2.75, 3.05) is 26.1 Å². The van der Waals surface area contributed by atoms with Gasteiger partial charge in [-0.05, 0) is 36.2 Å². The molecule has 7 nitrogen and oxygen atoms in total. The van der Waals surface area contributed by atoms with Gasteiger partial charge in [-0.1, -0.05) is 26.0 Å². The Hall–Kier alpha value is -3.35. The number of aromatic nitrogens is 4. The van der Waals surface area contributed by atoms with Crippen molar-refractivity contribution in [3.63, 3.8) is 0 Å². The Morgan fingerprint density at radius 2 is 1.79 bits per heavy atom. The summed E-state index contributed by atoms with van der Waals surface area (Å²) in [4.78, 5) is 4.83. The lowest BCUT2D eigenvalue weighted by Crippen LogP contribution is -2.13. The highest BCUT2D eigenvalue weighted by atomic mass is 16.5. The molecule has 2 aromatic heterocycles. The summed E-state index contributed by atoms with van der Waals surface area (Å²) in [6, 6.07) is 13.7. The number of methoxy groups -OCH3 is 2. The van der Waals surface area contributed by atoms with E-state index >= 15 is 0 Å². The minimum absolute atomic E-state index is 0.476. The van der Waals surface area contributed by atoms with Crippen LogP contribution in [0.15, 0.2) is 42.5 Å². The highest BCUT2D eigenvalue weighted by Gasteiger charge is 2.17. The normalized spacial score (nSPS) is 11.3. The second-order valence-corrected chi connectivity index (χ2v) is 6.98. The summed E-state index contributed by atoms with van der Waals surface area (Å²) in [7, 11) is 3.24. The first kappa shape index (κ1) is 18.0. The largest absolute Gasteiger partial charge is 0.493 e. The van der Waals surface area contributed by atoms with E-state index in [4.69, 9.17) is 14.5 Å². The van der Waals surface area contributed by atoms with Crippen LogP contribution in [0.4, 0.5) is 5.95 Å². The van der Waals surface area contributed by atoms with Gasteiger partial charge in [-0.15, -0.1) is 10.2 Å². The van der Waals surface area contributed by atoms with Crippen molar-refractivity contribution in [3.8, 4) is 22.9 Å². The van der Waals surface area contributed by atoms with Gasteiger partial charge in [-0.3, -0.25) is 0 Å². The van der Waals surface area contributed by atoms with Crippen LogP contribution < -0.4 is 14.8 Å². The van der Waals surface area contributed by atoms with E-state index in [1.807, 2.05) is 46.9 Å². The Kier molecular flexibility index (Phi) is 4.73. The minimum atomic E-state index is 0.476. The lowest BCUT2D eigenvalue weighted by Gasteiger charge is -2.13. The minimum Gasteiger partial charge on any atom is -0.493 e. The highest BCUT2D eigenvalue weighted by Crippen LogP contribution is 2.33. The molecule has 4 rings (SSSR count). The van der Waals surface area contributed by atoms with Crippen molar-refractivity contribution in [2.24, 2.45) is 5.92 Å². The molecule has 0 saturated carbocycles. The second kappa shape index (κ2) is 7.34. The number of rotatable bonds is 6. The van der Waals surface area contributed by atoms with E-state index in [2.05, 4.69) is 29.4 Å². The lowest BCUT2D eigenvalue weighted by molar-refractivity contribution is 0.355. The standard InChI is InChI=1S/C21H23N5O2/c1-13(2)12-22-21-23-16-8-6-5-7-15(16)20-25-24-19(26(20)21)14-9-10-17(27-3)18(11-14)28-4/h5-11,13H,12H2,1-4H3,(H,22,23). The average Bonchev–Trinajstić information content (AvgIpc) is 3.17. The van der Waals surface area contributed by atoms with Crippen LogP contribution in [0.2, 0.25) is 0 Å². The second-order valence-electron chi connectivity index (χ2n) is 6.98. The van der Waals surface area contributed by atoms with Gasteiger partial charge in [0.1, 0.15) is 0 Å². The topological polar surface area (TPSA) is 73.6 Å². The summed E-state index contributed by atoms with van der Waals surface area (Å²) in [5.41, 5.74) is 2.52. The van der Waals surface area contributed by atoms with Crippen molar-refractivity contribution in [3.05, 3.63) is 42.5 Å². The van der Waals surface area contributed by atoms with Crippen LogP contribution in [0.25, 0.3) is 27.9 Å². The molecule has 0 fully saturated rings. The fourth-order valence-corrected chi connectivity index (χ4v) is 3.16. The average molecular weight is 377 g/mol. The van der Waals surface area contributed by atoms with Crippen LogP contribution in [0, 0.1) is 5.92 Å². The van der Waals surface area contributed by atoms with E-state index in [1.54, 1.807) is 14.2 Å². The fraction of sp³-hybridized carbons (Fsp3) is 0.286. The molecule has 0 saturated heterocycles. The van der Waals surface area contributed by atoms with E-state index in [1.165, 1.54) is 0 Å². The van der Waals surface area contributed by atoms with Gasteiger partial charge in [-0.2, -0.15) is 0 Å². The monoisotopic (exact) mass is 377 g/mol. The Morgan fingerprint density at radius 1 is 1.00 bits per heavy atom. The van der Waals surface area contributed by atoms with E-state index in [-0.39, 0.29) is 0 Å². The maximum absolute atomic E-state index is 5.45. The molecule has 0 spiro atoms. The van der Waals surface area contributed by atoms with Crippen LogP contribution in [0.5, 0.6) is 11.5 Å². The molecule has 0 radical (unpaired) electrons. The zero-order valence-corrected chi connectivity index (χ0v) is 16.4. The molecule has 7 heteroatoms. The molecule has 0 atom stereocenters. The molecule has 0 aliphatic rings. The summed E-state index contributed by atoms with van der Waals surface area (Å²) >= 11 is 0. The molecule has 0 aliphatic carbocycles. The number of hydrogen-bond donors (Lipinski definition) is 1. The predicted molar refractivity (Wildman–Crippen MR) is 110 cm³/mol. The number of para-hydroxylation sites is 1. The third-order valence-electron chi connectivity index (χ3n) is 4.56. The summed E-state index contributed by atoms with van der Waals surface area (Å²) in [6.45, 7) is 5.11. The number of benzene rings is 2. The summed E-state index contributed by atoms with van der Waals surface area (Å²) in [5, 5.41) is 13.3. The zero-order chi connectivity index (χ0) is 19.7. The van der Waals surface area contributed by atoms with Crippen molar-refractivity contribution in [1.29, 1.82) is 0 Å². The van der Waals surface area contributed by atoms with E-state index < -0.39 is 0 Å².